The van der Waals surface area contributed by atoms with Crippen LogP contribution in [0.2, 0.25) is 0 Å². The van der Waals surface area contributed by atoms with Crippen molar-refractivity contribution in [1.82, 2.24) is 5.32 Å². The molecule has 57 valence electrons. The Bertz CT molecular complexity index is 121. The van der Waals surface area contributed by atoms with Gasteiger partial charge >= 0.3 is 69.8 Å². The molecule has 1 amide bonds. The van der Waals surface area contributed by atoms with Crippen molar-refractivity contribution in [1.29, 1.82) is 0 Å². The summed E-state index contributed by atoms with van der Waals surface area (Å²) in [5, 5.41) is 2.94. The van der Waals surface area contributed by atoms with Crippen LogP contribution in [0.1, 0.15) is 32.1 Å². The maximum atomic E-state index is 10.6. The third-order valence-corrected chi connectivity index (χ3v) is 2.24. The van der Waals surface area contributed by atoms with E-state index in [4.69, 9.17) is 0 Å². The molecule has 3 heteroatoms. The maximum absolute atomic E-state index is 10.6. The van der Waals surface area contributed by atoms with Crippen LogP contribution < -0.4 is 5.32 Å². The van der Waals surface area contributed by atoms with E-state index < -0.39 is 0 Å². The Hall–Kier alpha value is 0.0284. The van der Waals surface area contributed by atoms with Crippen LogP contribution in [0.3, 0.4) is 0 Å². The molecule has 0 atom stereocenters. The zero-order chi connectivity index (χ0) is 7.40. The van der Waals surface area contributed by atoms with Gasteiger partial charge in [-0.2, -0.15) is 0 Å². The predicted octanol–water partition coefficient (Wildman–Crippen LogP) is 0.929. The molecule has 0 bridgehead atoms. The number of carbonyl (C=O) groups excluding carboxylic acids is 1. The van der Waals surface area contributed by atoms with Crippen LogP contribution in [0, 0.1) is 0 Å². The van der Waals surface area contributed by atoms with Gasteiger partial charge in [-0.3, -0.25) is 0 Å². The first-order chi connectivity index (χ1) is 4.79. The van der Waals surface area contributed by atoms with E-state index in [1.807, 2.05) is 0 Å². The Labute approximate surface area is 70.3 Å². The molecular formula is C7H13AsNO. The Morgan fingerprint density at radius 1 is 1.30 bits per heavy atom. The van der Waals surface area contributed by atoms with Crippen LogP contribution in [0.15, 0.2) is 0 Å². The predicted molar refractivity (Wildman–Crippen MR) is 42.6 cm³/mol. The zero-order valence-electron chi connectivity index (χ0n) is 6.02. The fourth-order valence-electron chi connectivity index (χ4n) is 1.43. The standard InChI is InChI=1S/C7H13AsNO/c8-7(10)9-6-4-2-1-3-5-6/h6,8H,1-5H2,(H,9,10). The van der Waals surface area contributed by atoms with E-state index in [2.05, 4.69) is 5.32 Å². The summed E-state index contributed by atoms with van der Waals surface area (Å²) in [6.45, 7) is 0. The van der Waals surface area contributed by atoms with Crippen molar-refractivity contribution in [2.24, 2.45) is 0 Å². The molecule has 1 saturated carbocycles. The molecule has 0 spiro atoms. The van der Waals surface area contributed by atoms with Gasteiger partial charge in [0.25, 0.3) is 0 Å². The van der Waals surface area contributed by atoms with Gasteiger partial charge in [0.1, 0.15) is 0 Å². The third-order valence-electron chi connectivity index (χ3n) is 1.94. The summed E-state index contributed by atoms with van der Waals surface area (Å²) in [5.74, 6) is 0. The minimum absolute atomic E-state index is 0.118. The summed E-state index contributed by atoms with van der Waals surface area (Å²) in [6, 6.07) is 0.478. The van der Waals surface area contributed by atoms with Crippen LogP contribution in [0.5, 0.6) is 0 Å². The van der Waals surface area contributed by atoms with Crippen molar-refractivity contribution in [2.45, 2.75) is 38.1 Å². The van der Waals surface area contributed by atoms with Gasteiger partial charge in [0.05, 0.1) is 0 Å². The van der Waals surface area contributed by atoms with Crippen molar-refractivity contribution in [3.8, 4) is 0 Å². The molecule has 0 aromatic rings. The summed E-state index contributed by atoms with van der Waals surface area (Å²) < 4.78 is 0.118. The Morgan fingerprint density at radius 2 is 1.90 bits per heavy atom. The first-order valence-electron chi connectivity index (χ1n) is 3.81. The van der Waals surface area contributed by atoms with Gasteiger partial charge in [-0.1, -0.05) is 0 Å². The van der Waals surface area contributed by atoms with Crippen molar-refractivity contribution >= 4 is 21.5 Å². The number of hydrogen-bond donors (Lipinski definition) is 1. The minimum atomic E-state index is 0.118. The number of amides is 1. The van der Waals surface area contributed by atoms with Crippen molar-refractivity contribution in [3.63, 3.8) is 0 Å². The summed E-state index contributed by atoms with van der Waals surface area (Å²) >= 11 is 1.59. The fraction of sp³-hybridized carbons (Fsp3) is 0.857. The molecule has 0 aromatic carbocycles. The van der Waals surface area contributed by atoms with Crippen LogP contribution in [0.4, 0.5) is 4.79 Å². The second kappa shape index (κ2) is 4.02. The topological polar surface area (TPSA) is 29.1 Å². The first-order valence-corrected chi connectivity index (χ1v) is 4.86. The van der Waals surface area contributed by atoms with Crippen molar-refractivity contribution in [3.05, 3.63) is 0 Å². The van der Waals surface area contributed by atoms with E-state index in [1.165, 1.54) is 32.1 Å². The quantitative estimate of drug-likeness (QED) is 0.629. The van der Waals surface area contributed by atoms with Gasteiger partial charge in [-0.15, -0.1) is 0 Å². The third kappa shape index (κ3) is 2.74. The molecule has 1 rings (SSSR count). The Balaban J connectivity index is 2.19. The average Bonchev–Trinajstić information content (AvgIpc) is 1.88. The van der Waals surface area contributed by atoms with Crippen LogP contribution in [0.25, 0.3) is 0 Å². The SMILES string of the molecule is O=C([AsH])NC1CCCCC1. The molecule has 0 aromatic heterocycles. The molecule has 1 N–H and O–H groups in total. The fourth-order valence-corrected chi connectivity index (χ4v) is 1.86. The molecule has 1 fully saturated rings. The second-order valence-corrected chi connectivity index (χ2v) is 3.76. The van der Waals surface area contributed by atoms with Gasteiger partial charge in [-0.25, -0.2) is 0 Å². The number of carbonyl (C=O) groups is 1. The monoisotopic (exact) mass is 202 g/mol. The molecule has 10 heavy (non-hydrogen) atoms. The molecule has 2 nitrogen and oxygen atoms in total. The van der Waals surface area contributed by atoms with Gasteiger partial charge in [-0.05, 0) is 0 Å². The van der Waals surface area contributed by atoms with E-state index in [-0.39, 0.29) is 4.69 Å². The van der Waals surface area contributed by atoms with Gasteiger partial charge in [0, 0.05) is 0 Å². The van der Waals surface area contributed by atoms with Crippen LogP contribution in [-0.4, -0.2) is 27.6 Å². The van der Waals surface area contributed by atoms with Crippen molar-refractivity contribution in [2.75, 3.05) is 0 Å². The molecular weight excluding hydrogens is 189 g/mol. The molecule has 1 aliphatic carbocycles. The Morgan fingerprint density at radius 3 is 2.40 bits per heavy atom. The molecule has 0 saturated heterocycles. The van der Waals surface area contributed by atoms with Crippen molar-refractivity contribution < 1.29 is 4.79 Å². The average molecular weight is 202 g/mol. The van der Waals surface area contributed by atoms with Crippen LogP contribution in [-0.2, 0) is 0 Å². The first kappa shape index (κ1) is 8.13. The zero-order valence-corrected chi connectivity index (χ0v) is 8.12. The van der Waals surface area contributed by atoms with E-state index >= 15 is 0 Å². The number of hydrogen-bond acceptors (Lipinski definition) is 1. The summed E-state index contributed by atoms with van der Waals surface area (Å²) in [5.41, 5.74) is 0. The molecule has 0 aliphatic heterocycles. The van der Waals surface area contributed by atoms with Crippen LogP contribution >= 0.6 is 0 Å². The van der Waals surface area contributed by atoms with E-state index in [1.54, 1.807) is 16.9 Å². The Kier molecular flexibility index (Phi) is 3.27. The molecule has 0 heterocycles. The van der Waals surface area contributed by atoms with Gasteiger partial charge in [0.2, 0.25) is 0 Å². The van der Waals surface area contributed by atoms with Gasteiger partial charge < -0.3 is 0 Å². The number of nitrogens with one attached hydrogen (secondary N) is 1. The normalized spacial score (nSPS) is 20.5. The summed E-state index contributed by atoms with van der Waals surface area (Å²) in [6.07, 6.45) is 6.27. The summed E-state index contributed by atoms with van der Waals surface area (Å²) in [4.78, 5) is 10.6. The van der Waals surface area contributed by atoms with E-state index in [0.29, 0.717) is 6.04 Å². The molecule has 1 radical (unpaired) electrons. The van der Waals surface area contributed by atoms with Gasteiger partial charge in [0.15, 0.2) is 0 Å². The number of rotatable bonds is 1. The van der Waals surface area contributed by atoms with E-state index in [0.717, 1.165) is 0 Å². The summed E-state index contributed by atoms with van der Waals surface area (Å²) in [7, 11) is 0. The second-order valence-electron chi connectivity index (χ2n) is 2.81. The molecule has 0 unspecified atom stereocenters. The molecule has 1 aliphatic rings. The van der Waals surface area contributed by atoms with E-state index in [9.17, 15) is 4.79 Å².